The second kappa shape index (κ2) is 3.93. The zero-order valence-electron chi connectivity index (χ0n) is 9.16. The minimum atomic E-state index is 0.236. The fourth-order valence-electron chi connectivity index (χ4n) is 2.01. The summed E-state index contributed by atoms with van der Waals surface area (Å²) >= 11 is 0. The molecular formula is C12H16N2O. The fourth-order valence-corrected chi connectivity index (χ4v) is 2.01. The third-order valence-electron chi connectivity index (χ3n) is 2.92. The highest BCUT2D eigenvalue weighted by atomic mass is 16.2. The molecule has 0 bridgehead atoms. The van der Waals surface area contributed by atoms with Crippen molar-refractivity contribution < 1.29 is 4.79 Å². The van der Waals surface area contributed by atoms with Gasteiger partial charge in [-0.2, -0.15) is 0 Å². The topological polar surface area (TPSA) is 32.3 Å². The lowest BCUT2D eigenvalue weighted by Gasteiger charge is -2.21. The van der Waals surface area contributed by atoms with Gasteiger partial charge >= 0.3 is 0 Å². The Morgan fingerprint density at radius 2 is 2.00 bits per heavy atom. The fraction of sp³-hybridized carbons (Fsp3) is 0.417. The second-order valence-corrected chi connectivity index (χ2v) is 3.95. The molecule has 1 aromatic rings. The average molecular weight is 204 g/mol. The second-order valence-electron chi connectivity index (χ2n) is 3.95. The third kappa shape index (κ3) is 1.82. The van der Waals surface area contributed by atoms with E-state index in [9.17, 15) is 4.79 Å². The van der Waals surface area contributed by atoms with Gasteiger partial charge in [-0.3, -0.25) is 4.79 Å². The first kappa shape index (κ1) is 10.0. The van der Waals surface area contributed by atoms with Crippen molar-refractivity contribution in [1.29, 1.82) is 0 Å². The van der Waals surface area contributed by atoms with Gasteiger partial charge in [0.05, 0.1) is 0 Å². The Kier molecular flexibility index (Phi) is 2.62. The van der Waals surface area contributed by atoms with Gasteiger partial charge in [-0.05, 0) is 37.6 Å². The number of hydrogen-bond acceptors (Lipinski definition) is 2. The number of nitrogens with one attached hydrogen (secondary N) is 1. The molecule has 15 heavy (non-hydrogen) atoms. The Morgan fingerprint density at radius 1 is 1.33 bits per heavy atom. The molecule has 1 unspecified atom stereocenters. The molecule has 1 atom stereocenters. The van der Waals surface area contributed by atoms with Crippen LogP contribution in [0.25, 0.3) is 0 Å². The largest absolute Gasteiger partial charge is 0.388 e. The monoisotopic (exact) mass is 204 g/mol. The molecule has 0 radical (unpaired) electrons. The summed E-state index contributed by atoms with van der Waals surface area (Å²) in [7, 11) is 1.89. The lowest BCUT2D eigenvalue weighted by Crippen LogP contribution is -2.30. The molecule has 1 amide bonds. The molecule has 1 aromatic carbocycles. The summed E-state index contributed by atoms with van der Waals surface area (Å²) in [6.45, 7) is 2.09. The van der Waals surface area contributed by atoms with E-state index in [1.807, 2.05) is 36.2 Å². The quantitative estimate of drug-likeness (QED) is 0.801. The molecule has 1 fully saturated rings. The number of nitrogens with zero attached hydrogens (tertiary/aromatic N) is 1. The van der Waals surface area contributed by atoms with Gasteiger partial charge in [0.15, 0.2) is 0 Å². The van der Waals surface area contributed by atoms with Gasteiger partial charge < -0.3 is 10.2 Å². The average Bonchev–Trinajstić information content (AvgIpc) is 2.59. The molecule has 0 aliphatic carbocycles. The first-order chi connectivity index (χ1) is 7.22. The van der Waals surface area contributed by atoms with Crippen molar-refractivity contribution in [2.24, 2.45) is 0 Å². The van der Waals surface area contributed by atoms with Gasteiger partial charge in [0, 0.05) is 30.9 Å². The number of benzene rings is 1. The molecular weight excluding hydrogens is 188 g/mol. The van der Waals surface area contributed by atoms with Crippen molar-refractivity contribution in [2.45, 2.75) is 25.8 Å². The Morgan fingerprint density at radius 3 is 2.47 bits per heavy atom. The van der Waals surface area contributed by atoms with E-state index in [1.165, 1.54) is 0 Å². The Hall–Kier alpha value is -1.51. The predicted octanol–water partition coefficient (Wildman–Crippen LogP) is 2.24. The summed E-state index contributed by atoms with van der Waals surface area (Å²) < 4.78 is 0. The van der Waals surface area contributed by atoms with E-state index in [2.05, 4.69) is 12.2 Å². The van der Waals surface area contributed by atoms with Gasteiger partial charge in [0.25, 0.3) is 0 Å². The number of anilines is 2. The third-order valence-corrected chi connectivity index (χ3v) is 2.92. The Labute approximate surface area is 90.1 Å². The molecule has 1 aliphatic heterocycles. The predicted molar refractivity (Wildman–Crippen MR) is 62.2 cm³/mol. The zero-order valence-corrected chi connectivity index (χ0v) is 9.16. The molecule has 80 valence electrons. The van der Waals surface area contributed by atoms with Crippen LogP contribution in [0.15, 0.2) is 24.3 Å². The number of carbonyl (C=O) groups is 1. The maximum absolute atomic E-state index is 11.6. The van der Waals surface area contributed by atoms with Crippen LogP contribution >= 0.6 is 0 Å². The summed E-state index contributed by atoms with van der Waals surface area (Å²) in [5, 5.41) is 3.06. The number of carbonyl (C=O) groups excluding carboxylic acids is 1. The van der Waals surface area contributed by atoms with Crippen LogP contribution in [-0.2, 0) is 4.79 Å². The van der Waals surface area contributed by atoms with E-state index in [4.69, 9.17) is 0 Å². The molecule has 2 rings (SSSR count). The number of rotatable bonds is 2. The summed E-state index contributed by atoms with van der Waals surface area (Å²) in [5.41, 5.74) is 2.07. The number of amides is 1. The van der Waals surface area contributed by atoms with Gasteiger partial charge in [-0.1, -0.05) is 0 Å². The van der Waals surface area contributed by atoms with Crippen LogP contribution in [0.1, 0.15) is 19.8 Å². The van der Waals surface area contributed by atoms with E-state index in [-0.39, 0.29) is 5.91 Å². The normalized spacial score (nSPS) is 20.8. The molecule has 1 aliphatic rings. The smallest absolute Gasteiger partial charge is 0.227 e. The molecule has 1 N–H and O–H groups in total. The summed E-state index contributed by atoms with van der Waals surface area (Å²) in [6.07, 6.45) is 1.64. The maximum atomic E-state index is 11.6. The highest BCUT2D eigenvalue weighted by molar-refractivity contribution is 5.96. The lowest BCUT2D eigenvalue weighted by atomic mass is 10.2. The van der Waals surface area contributed by atoms with Crippen molar-refractivity contribution in [2.75, 3.05) is 17.3 Å². The van der Waals surface area contributed by atoms with Crippen molar-refractivity contribution >= 4 is 17.3 Å². The van der Waals surface area contributed by atoms with Crippen LogP contribution < -0.4 is 10.2 Å². The maximum Gasteiger partial charge on any atom is 0.227 e. The molecule has 3 nitrogen and oxygen atoms in total. The van der Waals surface area contributed by atoms with Gasteiger partial charge in [0.2, 0.25) is 5.91 Å². The SMILES string of the molecule is CNc1ccc(N2C(=O)CCC2C)cc1. The van der Waals surface area contributed by atoms with Crippen LogP contribution in [-0.4, -0.2) is 19.0 Å². The van der Waals surface area contributed by atoms with Crippen molar-refractivity contribution in [1.82, 2.24) is 0 Å². The Balaban J connectivity index is 2.25. The molecule has 0 aromatic heterocycles. The zero-order chi connectivity index (χ0) is 10.8. The molecule has 3 heteroatoms. The van der Waals surface area contributed by atoms with E-state index in [1.54, 1.807) is 0 Å². The van der Waals surface area contributed by atoms with Crippen LogP contribution in [0, 0.1) is 0 Å². The molecule has 1 saturated heterocycles. The van der Waals surface area contributed by atoms with Crippen LogP contribution in [0.3, 0.4) is 0 Å². The standard InChI is InChI=1S/C12H16N2O/c1-9-3-8-12(15)14(9)11-6-4-10(13-2)5-7-11/h4-7,9,13H,3,8H2,1-2H3. The first-order valence-corrected chi connectivity index (χ1v) is 5.32. The number of hydrogen-bond donors (Lipinski definition) is 1. The van der Waals surface area contributed by atoms with Crippen LogP contribution in [0.2, 0.25) is 0 Å². The minimum Gasteiger partial charge on any atom is -0.388 e. The van der Waals surface area contributed by atoms with E-state index in [0.717, 1.165) is 17.8 Å². The summed E-state index contributed by atoms with van der Waals surface area (Å²) in [6, 6.07) is 8.30. The molecule has 1 heterocycles. The minimum absolute atomic E-state index is 0.236. The Bertz CT molecular complexity index is 358. The molecule has 0 spiro atoms. The highest BCUT2D eigenvalue weighted by Crippen LogP contribution is 2.27. The summed E-state index contributed by atoms with van der Waals surface area (Å²) in [5.74, 6) is 0.236. The van der Waals surface area contributed by atoms with Crippen LogP contribution in [0.5, 0.6) is 0 Å². The van der Waals surface area contributed by atoms with Crippen molar-refractivity contribution in [3.8, 4) is 0 Å². The first-order valence-electron chi connectivity index (χ1n) is 5.32. The van der Waals surface area contributed by atoms with Crippen molar-refractivity contribution in [3.05, 3.63) is 24.3 Å². The summed E-state index contributed by atoms with van der Waals surface area (Å²) in [4.78, 5) is 13.5. The van der Waals surface area contributed by atoms with Gasteiger partial charge in [-0.15, -0.1) is 0 Å². The van der Waals surface area contributed by atoms with Gasteiger partial charge in [0.1, 0.15) is 0 Å². The van der Waals surface area contributed by atoms with Gasteiger partial charge in [-0.25, -0.2) is 0 Å². The molecule has 0 saturated carbocycles. The van der Waals surface area contributed by atoms with Crippen LogP contribution in [0.4, 0.5) is 11.4 Å². The van der Waals surface area contributed by atoms with E-state index >= 15 is 0 Å². The van der Waals surface area contributed by atoms with E-state index in [0.29, 0.717) is 12.5 Å². The van der Waals surface area contributed by atoms with E-state index < -0.39 is 0 Å². The lowest BCUT2D eigenvalue weighted by molar-refractivity contribution is -0.117. The highest BCUT2D eigenvalue weighted by Gasteiger charge is 2.28. The van der Waals surface area contributed by atoms with Crippen molar-refractivity contribution in [3.63, 3.8) is 0 Å².